The number of rotatable bonds is 1. The molecule has 0 aromatic heterocycles. The maximum Gasteiger partial charge on any atom is 0.248 e. The van der Waals surface area contributed by atoms with Gasteiger partial charge in [-0.3, -0.25) is 0 Å². The monoisotopic (exact) mass is 454 g/mol. The predicted molar refractivity (Wildman–Crippen MR) is 155 cm³/mol. The maximum atomic E-state index is 8.27. The minimum Gasteiger partial charge on any atom is -0.311 e. The molecule has 0 saturated carbocycles. The first-order valence-corrected chi connectivity index (χ1v) is 12.6. The van der Waals surface area contributed by atoms with Crippen LogP contribution >= 0.6 is 0 Å². The number of hydrogen-bond donors (Lipinski definition) is 0. The third-order valence-electron chi connectivity index (χ3n) is 8.34. The third-order valence-corrected chi connectivity index (χ3v) is 8.34. The SMILES string of the molecule is [2H]c1cc2ccc3ccc(N4c5ccccc5B5c6ccccc6-c6cccc4c65)c4ccc(c1)c2c34. The number of hydrogen-bond acceptors (Lipinski definition) is 1. The Balaban J connectivity index is 1.41. The van der Waals surface area contributed by atoms with Crippen molar-refractivity contribution in [1.82, 2.24) is 0 Å². The van der Waals surface area contributed by atoms with Crippen LogP contribution in [0.15, 0.2) is 121 Å². The van der Waals surface area contributed by atoms with Gasteiger partial charge in [0, 0.05) is 16.8 Å². The molecule has 164 valence electrons. The van der Waals surface area contributed by atoms with Crippen LogP contribution in [0, 0.1) is 0 Å². The summed E-state index contributed by atoms with van der Waals surface area (Å²) in [4.78, 5) is 2.48. The summed E-state index contributed by atoms with van der Waals surface area (Å²) in [6, 6.07) is 42.5. The average Bonchev–Trinajstić information content (AvgIpc) is 3.28. The summed E-state index contributed by atoms with van der Waals surface area (Å²) < 4.78 is 8.27. The lowest BCUT2D eigenvalue weighted by Crippen LogP contribution is -2.54. The van der Waals surface area contributed by atoms with Gasteiger partial charge in [-0.1, -0.05) is 109 Å². The van der Waals surface area contributed by atoms with Crippen molar-refractivity contribution in [2.24, 2.45) is 0 Å². The quantitative estimate of drug-likeness (QED) is 0.193. The summed E-state index contributed by atoms with van der Waals surface area (Å²) in [7, 11) is 0. The Morgan fingerprint density at radius 2 is 1.17 bits per heavy atom. The molecule has 0 bridgehead atoms. The van der Waals surface area contributed by atoms with E-state index in [1.165, 1.54) is 66.1 Å². The number of fused-ring (bicyclic) bond motifs is 5. The van der Waals surface area contributed by atoms with Crippen LogP contribution < -0.4 is 21.3 Å². The van der Waals surface area contributed by atoms with Gasteiger partial charge in [0.2, 0.25) is 6.71 Å². The Morgan fingerprint density at radius 1 is 0.500 bits per heavy atom. The summed E-state index contributed by atoms with van der Waals surface area (Å²) >= 11 is 0. The van der Waals surface area contributed by atoms with Crippen molar-refractivity contribution >= 4 is 72.5 Å². The number of para-hydroxylation sites is 1. The molecule has 2 aliphatic heterocycles. The van der Waals surface area contributed by atoms with Crippen LogP contribution in [-0.2, 0) is 0 Å². The van der Waals surface area contributed by atoms with Crippen molar-refractivity contribution in [2.45, 2.75) is 0 Å². The fourth-order valence-electron chi connectivity index (χ4n) is 6.93. The summed E-state index contributed by atoms with van der Waals surface area (Å²) in [5.41, 5.74) is 10.6. The second-order valence-corrected chi connectivity index (χ2v) is 10.0. The smallest absolute Gasteiger partial charge is 0.248 e. The van der Waals surface area contributed by atoms with Crippen molar-refractivity contribution < 1.29 is 1.37 Å². The van der Waals surface area contributed by atoms with E-state index in [1.54, 1.807) is 0 Å². The van der Waals surface area contributed by atoms with Crippen LogP contribution in [0.3, 0.4) is 0 Å². The molecule has 0 aliphatic carbocycles. The van der Waals surface area contributed by atoms with Crippen LogP contribution in [0.2, 0.25) is 0 Å². The first-order valence-electron chi connectivity index (χ1n) is 13.1. The second kappa shape index (κ2) is 6.56. The highest BCUT2D eigenvalue weighted by molar-refractivity contribution is 7.01. The Kier molecular flexibility index (Phi) is 3.25. The molecule has 7 aromatic carbocycles. The van der Waals surface area contributed by atoms with E-state index in [1.807, 2.05) is 12.1 Å². The molecule has 0 amide bonds. The van der Waals surface area contributed by atoms with Gasteiger partial charge < -0.3 is 4.90 Å². The van der Waals surface area contributed by atoms with Gasteiger partial charge in [0.15, 0.2) is 0 Å². The third kappa shape index (κ3) is 2.18. The van der Waals surface area contributed by atoms with Gasteiger partial charge in [0.1, 0.15) is 0 Å². The number of benzene rings is 7. The van der Waals surface area contributed by atoms with E-state index >= 15 is 0 Å². The molecule has 2 aliphatic rings. The van der Waals surface area contributed by atoms with Gasteiger partial charge in [-0.05, 0) is 67.2 Å². The van der Waals surface area contributed by atoms with E-state index in [-0.39, 0.29) is 6.71 Å². The molecule has 0 spiro atoms. The molecule has 9 rings (SSSR count). The van der Waals surface area contributed by atoms with Crippen molar-refractivity contribution in [3.8, 4) is 11.1 Å². The van der Waals surface area contributed by atoms with E-state index in [2.05, 4.69) is 108 Å². The lowest BCUT2D eigenvalue weighted by atomic mass is 9.37. The first-order chi connectivity index (χ1) is 18.3. The molecular formula is C34H20BN. The van der Waals surface area contributed by atoms with E-state index < -0.39 is 0 Å². The highest BCUT2D eigenvalue weighted by atomic mass is 15.2. The fraction of sp³-hybridized carbons (Fsp3) is 0. The van der Waals surface area contributed by atoms with Gasteiger partial charge >= 0.3 is 0 Å². The molecule has 1 nitrogen and oxygen atoms in total. The maximum absolute atomic E-state index is 8.27. The normalized spacial score (nSPS) is 13.8. The zero-order valence-electron chi connectivity index (χ0n) is 20.5. The standard InChI is InChI=1S/C34H20BN/c1-2-11-27-24(9-1)25-10-6-14-31-34(25)35(27)28-12-3-4-13-30(28)36(31)29-20-18-23-16-15-21-7-5-8-22-17-19-26(29)33(23)32(21)22/h1-20H/i5D. The van der Waals surface area contributed by atoms with Crippen molar-refractivity contribution in [2.75, 3.05) is 4.90 Å². The van der Waals surface area contributed by atoms with E-state index in [9.17, 15) is 0 Å². The van der Waals surface area contributed by atoms with Gasteiger partial charge in [0.25, 0.3) is 0 Å². The molecule has 0 radical (unpaired) electrons. The average molecular weight is 454 g/mol. The number of anilines is 3. The largest absolute Gasteiger partial charge is 0.311 e. The van der Waals surface area contributed by atoms with Gasteiger partial charge in [0.05, 0.1) is 7.06 Å². The lowest BCUT2D eigenvalue weighted by Gasteiger charge is -2.36. The van der Waals surface area contributed by atoms with E-state index in [0.717, 1.165) is 10.8 Å². The van der Waals surface area contributed by atoms with Crippen molar-refractivity contribution in [3.63, 3.8) is 0 Å². The second-order valence-electron chi connectivity index (χ2n) is 10.0. The molecule has 0 unspecified atom stereocenters. The molecule has 0 atom stereocenters. The zero-order valence-corrected chi connectivity index (χ0v) is 19.5. The topological polar surface area (TPSA) is 3.24 Å². The van der Waals surface area contributed by atoms with Crippen LogP contribution in [0.1, 0.15) is 1.37 Å². The van der Waals surface area contributed by atoms with E-state index in [0.29, 0.717) is 6.04 Å². The molecule has 2 heteroatoms. The highest BCUT2D eigenvalue weighted by Crippen LogP contribution is 2.45. The fourth-order valence-corrected chi connectivity index (χ4v) is 6.93. The molecule has 2 heterocycles. The van der Waals surface area contributed by atoms with Gasteiger partial charge in [-0.2, -0.15) is 0 Å². The molecule has 36 heavy (non-hydrogen) atoms. The van der Waals surface area contributed by atoms with Crippen molar-refractivity contribution in [3.05, 3.63) is 121 Å². The Bertz CT molecular complexity index is 2060. The zero-order chi connectivity index (χ0) is 24.2. The summed E-state index contributed by atoms with van der Waals surface area (Å²) in [5.74, 6) is 0. The molecule has 0 fully saturated rings. The van der Waals surface area contributed by atoms with Crippen LogP contribution in [0.4, 0.5) is 17.1 Å². The number of nitrogens with zero attached hydrogens (tertiary/aromatic N) is 1. The first kappa shape index (κ1) is 17.8. The highest BCUT2D eigenvalue weighted by Gasteiger charge is 2.42. The van der Waals surface area contributed by atoms with Crippen molar-refractivity contribution in [1.29, 1.82) is 0 Å². The Labute approximate surface area is 211 Å². The minimum atomic E-state index is 0.255. The molecule has 7 aromatic rings. The van der Waals surface area contributed by atoms with Gasteiger partial charge in [-0.15, -0.1) is 0 Å². The Morgan fingerprint density at radius 3 is 2.06 bits per heavy atom. The molecular weight excluding hydrogens is 433 g/mol. The molecule has 0 N–H and O–H groups in total. The summed E-state index contributed by atoms with van der Waals surface area (Å²) in [6.07, 6.45) is 0. The predicted octanol–water partition coefficient (Wildman–Crippen LogP) is 6.86. The van der Waals surface area contributed by atoms with Gasteiger partial charge in [-0.25, -0.2) is 0 Å². The van der Waals surface area contributed by atoms with Crippen LogP contribution in [0.5, 0.6) is 0 Å². The minimum absolute atomic E-state index is 0.255. The summed E-state index contributed by atoms with van der Waals surface area (Å²) in [6.45, 7) is 0.255. The lowest BCUT2D eigenvalue weighted by molar-refractivity contribution is 1.31. The van der Waals surface area contributed by atoms with Crippen LogP contribution in [-0.4, -0.2) is 6.71 Å². The summed E-state index contributed by atoms with van der Waals surface area (Å²) in [5, 5.41) is 7.28. The van der Waals surface area contributed by atoms with Crippen LogP contribution in [0.25, 0.3) is 43.4 Å². The van der Waals surface area contributed by atoms with E-state index in [4.69, 9.17) is 1.37 Å². The molecule has 0 saturated heterocycles. The Hall–Kier alpha value is -4.56.